The summed E-state index contributed by atoms with van der Waals surface area (Å²) in [4.78, 5) is 23.4. The van der Waals surface area contributed by atoms with Gasteiger partial charge in [-0.3, -0.25) is 4.79 Å². The van der Waals surface area contributed by atoms with Crippen LogP contribution in [0.1, 0.15) is 40.7 Å². The van der Waals surface area contributed by atoms with Crippen molar-refractivity contribution in [3.8, 4) is 0 Å². The highest BCUT2D eigenvalue weighted by molar-refractivity contribution is 7.14. The van der Waals surface area contributed by atoms with Crippen LogP contribution >= 0.6 is 11.3 Å². The summed E-state index contributed by atoms with van der Waals surface area (Å²) in [6.45, 7) is 2.80. The molecule has 98 valence electrons. The lowest BCUT2D eigenvalue weighted by Gasteiger charge is -2.01. The first-order chi connectivity index (χ1) is 8.63. The Morgan fingerprint density at radius 2 is 2.17 bits per heavy atom. The summed E-state index contributed by atoms with van der Waals surface area (Å²) >= 11 is 1.28. The molecule has 18 heavy (non-hydrogen) atoms. The number of rotatable bonds is 7. The lowest BCUT2D eigenvalue weighted by Crippen LogP contribution is -2.23. The molecule has 5 heteroatoms. The second-order valence-corrected chi connectivity index (χ2v) is 4.95. The van der Waals surface area contributed by atoms with Crippen molar-refractivity contribution in [2.45, 2.75) is 26.2 Å². The first-order valence-electron chi connectivity index (χ1n) is 5.92. The van der Waals surface area contributed by atoms with E-state index in [4.69, 9.17) is 5.11 Å². The average Bonchev–Trinajstić information content (AvgIpc) is 2.80. The van der Waals surface area contributed by atoms with E-state index < -0.39 is 5.97 Å². The molecule has 0 bridgehead atoms. The summed E-state index contributed by atoms with van der Waals surface area (Å²) in [5.41, 5.74) is 0. The molecule has 0 saturated carbocycles. The summed E-state index contributed by atoms with van der Waals surface area (Å²) in [6, 6.07) is 3.45. The van der Waals surface area contributed by atoms with E-state index >= 15 is 0 Å². The number of carboxylic acids is 1. The van der Waals surface area contributed by atoms with Crippen LogP contribution in [-0.2, 0) is 4.79 Å². The molecule has 0 atom stereocenters. The SMILES string of the molecule is CCCCCNC(=O)c1ccc(/C=C/C(=O)O)s1. The van der Waals surface area contributed by atoms with Gasteiger partial charge in [-0.2, -0.15) is 0 Å². The van der Waals surface area contributed by atoms with Crippen LogP contribution in [0.2, 0.25) is 0 Å². The van der Waals surface area contributed by atoms with Gasteiger partial charge in [-0.25, -0.2) is 4.79 Å². The van der Waals surface area contributed by atoms with Crippen LogP contribution < -0.4 is 5.32 Å². The summed E-state index contributed by atoms with van der Waals surface area (Å²) in [7, 11) is 0. The van der Waals surface area contributed by atoms with Crippen LogP contribution in [0.3, 0.4) is 0 Å². The molecular weight excluding hydrogens is 250 g/mol. The Hall–Kier alpha value is -1.62. The number of aliphatic carboxylic acids is 1. The largest absolute Gasteiger partial charge is 0.478 e. The van der Waals surface area contributed by atoms with E-state index in [2.05, 4.69) is 12.2 Å². The van der Waals surface area contributed by atoms with Crippen LogP contribution in [0.4, 0.5) is 0 Å². The fraction of sp³-hybridized carbons (Fsp3) is 0.385. The summed E-state index contributed by atoms with van der Waals surface area (Å²) in [5, 5.41) is 11.3. The normalized spacial score (nSPS) is 10.7. The van der Waals surface area contributed by atoms with Gasteiger partial charge in [0.15, 0.2) is 0 Å². The topological polar surface area (TPSA) is 66.4 Å². The minimum atomic E-state index is -0.992. The molecule has 1 rings (SSSR count). The van der Waals surface area contributed by atoms with E-state index in [-0.39, 0.29) is 5.91 Å². The Bertz CT molecular complexity index is 437. The predicted molar refractivity (Wildman–Crippen MR) is 72.8 cm³/mol. The van der Waals surface area contributed by atoms with E-state index in [1.807, 2.05) is 0 Å². The molecule has 0 aromatic carbocycles. The number of thiophene rings is 1. The van der Waals surface area contributed by atoms with Crippen molar-refractivity contribution < 1.29 is 14.7 Å². The fourth-order valence-corrected chi connectivity index (χ4v) is 2.21. The van der Waals surface area contributed by atoms with Gasteiger partial charge in [0.05, 0.1) is 4.88 Å². The number of carbonyl (C=O) groups is 2. The van der Waals surface area contributed by atoms with Crippen LogP contribution in [0.15, 0.2) is 18.2 Å². The van der Waals surface area contributed by atoms with Gasteiger partial charge in [-0.15, -0.1) is 11.3 Å². The quantitative estimate of drug-likeness (QED) is 0.589. The zero-order valence-electron chi connectivity index (χ0n) is 10.3. The van der Waals surface area contributed by atoms with E-state index in [0.717, 1.165) is 30.2 Å². The van der Waals surface area contributed by atoms with E-state index in [9.17, 15) is 9.59 Å². The lowest BCUT2D eigenvalue weighted by molar-refractivity contribution is -0.131. The first kappa shape index (κ1) is 14.4. The van der Waals surface area contributed by atoms with E-state index in [1.165, 1.54) is 17.4 Å². The van der Waals surface area contributed by atoms with Gasteiger partial charge in [-0.1, -0.05) is 19.8 Å². The number of hydrogen-bond donors (Lipinski definition) is 2. The van der Waals surface area contributed by atoms with Gasteiger partial charge in [0.2, 0.25) is 0 Å². The molecule has 0 aliphatic carbocycles. The predicted octanol–water partition coefficient (Wildman–Crippen LogP) is 2.77. The number of hydrogen-bond acceptors (Lipinski definition) is 3. The van der Waals surface area contributed by atoms with Crippen LogP contribution in [0.25, 0.3) is 6.08 Å². The van der Waals surface area contributed by atoms with Crippen molar-refractivity contribution in [3.05, 3.63) is 28.0 Å². The molecule has 0 saturated heterocycles. The molecule has 4 nitrogen and oxygen atoms in total. The number of carbonyl (C=O) groups excluding carboxylic acids is 1. The van der Waals surface area contributed by atoms with Gasteiger partial charge in [-0.05, 0) is 24.6 Å². The zero-order chi connectivity index (χ0) is 13.4. The number of carboxylic acid groups (broad SMARTS) is 1. The maximum absolute atomic E-state index is 11.7. The van der Waals surface area contributed by atoms with Crippen molar-refractivity contribution in [3.63, 3.8) is 0 Å². The molecule has 1 amide bonds. The third-order valence-electron chi connectivity index (χ3n) is 2.31. The van der Waals surface area contributed by atoms with Gasteiger partial charge in [0, 0.05) is 17.5 Å². The Morgan fingerprint density at radius 1 is 1.39 bits per heavy atom. The smallest absolute Gasteiger partial charge is 0.328 e. The highest BCUT2D eigenvalue weighted by atomic mass is 32.1. The number of amides is 1. The second-order valence-electron chi connectivity index (χ2n) is 3.84. The van der Waals surface area contributed by atoms with Crippen LogP contribution in [0.5, 0.6) is 0 Å². The molecule has 1 aromatic rings. The minimum absolute atomic E-state index is 0.0916. The zero-order valence-corrected chi connectivity index (χ0v) is 11.1. The second kappa shape index (κ2) is 7.66. The Balaban J connectivity index is 2.46. The van der Waals surface area contributed by atoms with Gasteiger partial charge in [0.25, 0.3) is 5.91 Å². The Kier molecular flexibility index (Phi) is 6.14. The van der Waals surface area contributed by atoms with Gasteiger partial charge < -0.3 is 10.4 Å². The monoisotopic (exact) mass is 267 g/mol. The highest BCUT2D eigenvalue weighted by Gasteiger charge is 2.07. The maximum Gasteiger partial charge on any atom is 0.328 e. The fourth-order valence-electron chi connectivity index (χ4n) is 1.38. The Morgan fingerprint density at radius 3 is 2.83 bits per heavy atom. The average molecular weight is 267 g/mol. The van der Waals surface area contributed by atoms with Crippen molar-refractivity contribution >= 4 is 29.3 Å². The van der Waals surface area contributed by atoms with Crippen molar-refractivity contribution in [2.24, 2.45) is 0 Å². The minimum Gasteiger partial charge on any atom is -0.478 e. The van der Waals surface area contributed by atoms with Crippen molar-refractivity contribution in [1.82, 2.24) is 5.32 Å². The van der Waals surface area contributed by atoms with E-state index in [0.29, 0.717) is 11.4 Å². The number of nitrogens with one attached hydrogen (secondary N) is 1. The third kappa shape index (κ3) is 5.14. The molecular formula is C13H17NO3S. The number of unbranched alkanes of at least 4 members (excludes halogenated alkanes) is 2. The molecule has 0 unspecified atom stereocenters. The maximum atomic E-state index is 11.7. The lowest BCUT2D eigenvalue weighted by atomic mass is 10.2. The van der Waals surface area contributed by atoms with Crippen molar-refractivity contribution in [2.75, 3.05) is 6.54 Å². The highest BCUT2D eigenvalue weighted by Crippen LogP contribution is 2.17. The summed E-state index contributed by atoms with van der Waals surface area (Å²) in [6.07, 6.45) is 5.77. The Labute approximate surface area is 110 Å². The molecule has 1 heterocycles. The summed E-state index contributed by atoms with van der Waals surface area (Å²) < 4.78 is 0. The standard InChI is InChI=1S/C13H17NO3S/c1-2-3-4-9-14-13(17)11-7-5-10(18-11)6-8-12(15)16/h5-8H,2-4,9H2,1H3,(H,14,17)(H,15,16)/b8-6+. The van der Waals surface area contributed by atoms with Gasteiger partial charge in [0.1, 0.15) is 0 Å². The van der Waals surface area contributed by atoms with Crippen LogP contribution in [-0.4, -0.2) is 23.5 Å². The first-order valence-corrected chi connectivity index (χ1v) is 6.74. The molecule has 0 radical (unpaired) electrons. The van der Waals surface area contributed by atoms with E-state index in [1.54, 1.807) is 12.1 Å². The van der Waals surface area contributed by atoms with Crippen molar-refractivity contribution in [1.29, 1.82) is 0 Å². The van der Waals surface area contributed by atoms with Gasteiger partial charge >= 0.3 is 5.97 Å². The molecule has 2 N–H and O–H groups in total. The molecule has 0 aliphatic heterocycles. The molecule has 1 aromatic heterocycles. The molecule has 0 aliphatic rings. The van der Waals surface area contributed by atoms with Crippen LogP contribution in [0, 0.1) is 0 Å². The summed E-state index contributed by atoms with van der Waals surface area (Å²) in [5.74, 6) is -1.08. The molecule has 0 spiro atoms. The third-order valence-corrected chi connectivity index (χ3v) is 3.36. The molecule has 0 fully saturated rings.